The van der Waals surface area contributed by atoms with Crippen LogP contribution in [0, 0.1) is 13.8 Å². The van der Waals surface area contributed by atoms with Crippen LogP contribution in [0.15, 0.2) is 22.9 Å². The second kappa shape index (κ2) is 4.92. The van der Waals surface area contributed by atoms with Gasteiger partial charge in [-0.25, -0.2) is 4.98 Å². The molecule has 1 aliphatic rings. The van der Waals surface area contributed by atoms with Crippen LogP contribution < -0.4 is 4.90 Å². The van der Waals surface area contributed by atoms with Gasteiger partial charge in [-0.1, -0.05) is 0 Å². The van der Waals surface area contributed by atoms with Crippen LogP contribution >= 0.6 is 22.7 Å². The highest BCUT2D eigenvalue weighted by molar-refractivity contribution is 7.20. The number of nitrogens with zero attached hydrogens (tertiary/aromatic N) is 2. The maximum atomic E-state index is 5.04. The number of anilines is 1. The number of fused-ring (bicyclic) bond motifs is 6. The van der Waals surface area contributed by atoms with Crippen LogP contribution in [0.4, 0.5) is 5.82 Å². The van der Waals surface area contributed by atoms with Crippen LogP contribution in [-0.2, 0) is 0 Å². The van der Waals surface area contributed by atoms with Crippen molar-refractivity contribution in [2.45, 2.75) is 26.7 Å². The Bertz CT molecular complexity index is 1050. The number of aromatic nitrogens is 1. The van der Waals surface area contributed by atoms with Gasteiger partial charge in [-0.15, -0.1) is 22.7 Å². The fourth-order valence-corrected chi connectivity index (χ4v) is 6.04. The van der Waals surface area contributed by atoms with Crippen LogP contribution in [0.25, 0.3) is 30.9 Å². The Labute approximate surface area is 143 Å². The topological polar surface area (TPSA) is 16.1 Å². The van der Waals surface area contributed by atoms with Gasteiger partial charge < -0.3 is 4.90 Å². The average molecular weight is 339 g/mol. The summed E-state index contributed by atoms with van der Waals surface area (Å²) >= 11 is 3.71. The monoisotopic (exact) mass is 338 g/mol. The molecule has 0 amide bonds. The van der Waals surface area contributed by atoms with Crippen LogP contribution in [0.3, 0.4) is 0 Å². The van der Waals surface area contributed by atoms with E-state index in [9.17, 15) is 0 Å². The van der Waals surface area contributed by atoms with E-state index in [1.807, 2.05) is 22.7 Å². The first-order valence-corrected chi connectivity index (χ1v) is 9.94. The standard InChI is InChI=1S/C19H18N2S2/c1-11-15-16(12(2)20-19(11)21-7-3-4-8-21)18-14(6-10-23-18)13-5-9-22-17(13)15/h5-6,9-10H,3-4,7-8H2,1-2H3. The first kappa shape index (κ1) is 13.8. The molecule has 1 aliphatic heterocycles. The van der Waals surface area contributed by atoms with Crippen molar-refractivity contribution in [3.8, 4) is 0 Å². The normalized spacial score (nSPS) is 15.5. The van der Waals surface area contributed by atoms with Crippen molar-refractivity contribution in [2.24, 2.45) is 0 Å². The Morgan fingerprint density at radius 3 is 2.17 bits per heavy atom. The molecular weight excluding hydrogens is 320 g/mol. The quantitative estimate of drug-likeness (QED) is 0.431. The molecular formula is C19H18N2S2. The second-order valence-electron chi connectivity index (χ2n) is 6.42. The summed E-state index contributed by atoms with van der Waals surface area (Å²) in [7, 11) is 0. The molecule has 4 heterocycles. The Morgan fingerprint density at radius 1 is 0.913 bits per heavy atom. The Morgan fingerprint density at radius 2 is 1.52 bits per heavy atom. The Kier molecular flexibility index (Phi) is 2.94. The summed E-state index contributed by atoms with van der Waals surface area (Å²) in [4.78, 5) is 7.51. The molecule has 0 saturated carbocycles. The highest BCUT2D eigenvalue weighted by Gasteiger charge is 2.21. The summed E-state index contributed by atoms with van der Waals surface area (Å²) in [5, 5.41) is 10.0. The summed E-state index contributed by atoms with van der Waals surface area (Å²) < 4.78 is 2.82. The molecule has 2 nitrogen and oxygen atoms in total. The maximum absolute atomic E-state index is 5.04. The van der Waals surface area contributed by atoms with Crippen molar-refractivity contribution in [1.29, 1.82) is 0 Å². The van der Waals surface area contributed by atoms with Crippen LogP contribution in [0.2, 0.25) is 0 Å². The fourth-order valence-electron chi connectivity index (χ4n) is 4.01. The minimum Gasteiger partial charge on any atom is -0.356 e. The smallest absolute Gasteiger partial charge is 0.132 e. The minimum atomic E-state index is 1.15. The molecule has 1 fully saturated rings. The van der Waals surface area contributed by atoms with E-state index < -0.39 is 0 Å². The lowest BCUT2D eigenvalue weighted by molar-refractivity contribution is 0.926. The van der Waals surface area contributed by atoms with Crippen molar-refractivity contribution in [2.75, 3.05) is 18.0 Å². The molecule has 0 atom stereocenters. The van der Waals surface area contributed by atoms with Gasteiger partial charge in [-0.05, 0) is 49.6 Å². The van der Waals surface area contributed by atoms with Crippen molar-refractivity contribution in [1.82, 2.24) is 4.98 Å². The molecule has 1 saturated heterocycles. The molecule has 1 aromatic carbocycles. The lowest BCUT2D eigenvalue weighted by Crippen LogP contribution is -2.20. The minimum absolute atomic E-state index is 1.15. The van der Waals surface area contributed by atoms with E-state index in [1.54, 1.807) is 0 Å². The Balaban J connectivity index is 2.00. The number of benzene rings is 1. The molecule has 4 aromatic rings. The highest BCUT2D eigenvalue weighted by Crippen LogP contribution is 2.44. The van der Waals surface area contributed by atoms with Gasteiger partial charge in [-0.2, -0.15) is 0 Å². The highest BCUT2D eigenvalue weighted by atomic mass is 32.1. The van der Waals surface area contributed by atoms with Gasteiger partial charge in [0.2, 0.25) is 0 Å². The van der Waals surface area contributed by atoms with Gasteiger partial charge in [0.05, 0.1) is 0 Å². The van der Waals surface area contributed by atoms with Crippen molar-refractivity contribution >= 4 is 59.4 Å². The molecule has 0 radical (unpaired) electrons. The van der Waals surface area contributed by atoms with E-state index in [0.717, 1.165) is 13.1 Å². The number of thiophene rings is 2. The third-order valence-electron chi connectivity index (χ3n) is 5.08. The van der Waals surface area contributed by atoms with Gasteiger partial charge in [0.15, 0.2) is 0 Å². The zero-order chi connectivity index (χ0) is 15.6. The molecule has 4 heteroatoms. The predicted molar refractivity (Wildman–Crippen MR) is 103 cm³/mol. The van der Waals surface area contributed by atoms with Gasteiger partial charge in [-0.3, -0.25) is 0 Å². The molecule has 3 aromatic heterocycles. The molecule has 23 heavy (non-hydrogen) atoms. The molecule has 0 unspecified atom stereocenters. The van der Waals surface area contributed by atoms with Gasteiger partial charge in [0.25, 0.3) is 0 Å². The van der Waals surface area contributed by atoms with Crippen LogP contribution in [0.1, 0.15) is 24.1 Å². The second-order valence-corrected chi connectivity index (χ2v) is 8.25. The molecule has 0 N–H and O–H groups in total. The molecule has 0 aliphatic carbocycles. The van der Waals surface area contributed by atoms with Crippen molar-refractivity contribution in [3.05, 3.63) is 34.2 Å². The maximum Gasteiger partial charge on any atom is 0.132 e. The summed E-state index contributed by atoms with van der Waals surface area (Å²) in [6.45, 7) is 6.74. The summed E-state index contributed by atoms with van der Waals surface area (Å²) in [5.74, 6) is 1.21. The predicted octanol–water partition coefficient (Wildman–Crippen LogP) is 5.88. The zero-order valence-corrected chi connectivity index (χ0v) is 15.0. The van der Waals surface area contributed by atoms with Crippen molar-refractivity contribution < 1.29 is 0 Å². The Hall–Kier alpha value is -1.65. The molecule has 0 spiro atoms. The number of hydrogen-bond acceptors (Lipinski definition) is 4. The third-order valence-corrected chi connectivity index (χ3v) is 6.94. The first-order chi connectivity index (χ1) is 11.3. The van der Waals surface area contributed by atoms with Crippen LogP contribution in [0.5, 0.6) is 0 Å². The number of hydrogen-bond donors (Lipinski definition) is 0. The third kappa shape index (κ3) is 1.82. The number of aryl methyl sites for hydroxylation is 2. The van der Waals surface area contributed by atoms with Gasteiger partial charge in [0, 0.05) is 55.3 Å². The molecule has 0 bridgehead atoms. The van der Waals surface area contributed by atoms with E-state index >= 15 is 0 Å². The number of rotatable bonds is 1. The van der Waals surface area contributed by atoms with Crippen LogP contribution in [-0.4, -0.2) is 18.1 Å². The van der Waals surface area contributed by atoms with Crippen molar-refractivity contribution in [3.63, 3.8) is 0 Å². The largest absolute Gasteiger partial charge is 0.356 e. The average Bonchev–Trinajstić information content (AvgIpc) is 3.29. The van der Waals surface area contributed by atoms with E-state index in [4.69, 9.17) is 4.98 Å². The van der Waals surface area contributed by atoms with Gasteiger partial charge in [0.1, 0.15) is 5.82 Å². The van der Waals surface area contributed by atoms with Gasteiger partial charge >= 0.3 is 0 Å². The lowest BCUT2D eigenvalue weighted by Gasteiger charge is -2.21. The fraction of sp³-hybridized carbons (Fsp3) is 0.316. The zero-order valence-electron chi connectivity index (χ0n) is 13.3. The first-order valence-electron chi connectivity index (χ1n) is 8.18. The summed E-state index contributed by atoms with van der Waals surface area (Å²) in [6, 6.07) is 4.54. The van der Waals surface area contributed by atoms with E-state index in [2.05, 4.69) is 41.6 Å². The lowest BCUT2D eigenvalue weighted by atomic mass is 10.0. The molecule has 5 rings (SSSR count). The SMILES string of the molecule is Cc1nc(N2CCCC2)c(C)c2c3sccc3c3ccsc3c12. The summed E-state index contributed by atoms with van der Waals surface area (Å²) in [6.07, 6.45) is 2.58. The number of pyridine rings is 1. The molecule has 116 valence electrons. The van der Waals surface area contributed by atoms with E-state index in [0.29, 0.717) is 0 Å². The van der Waals surface area contributed by atoms with E-state index in [-0.39, 0.29) is 0 Å². The summed E-state index contributed by atoms with van der Waals surface area (Å²) in [5.41, 5.74) is 2.53. The van der Waals surface area contributed by atoms with E-state index in [1.165, 1.54) is 60.9 Å².